The molecule has 36 heavy (non-hydrogen) atoms. The molecule has 0 atom stereocenters. The van der Waals surface area contributed by atoms with Gasteiger partial charge in [0.15, 0.2) is 0 Å². The summed E-state index contributed by atoms with van der Waals surface area (Å²) in [7, 11) is 0. The number of benzene rings is 3. The maximum atomic E-state index is 13.2. The highest BCUT2D eigenvalue weighted by atomic mass is 35.5. The Morgan fingerprint density at radius 2 is 1.78 bits per heavy atom. The van der Waals surface area contributed by atoms with Crippen molar-refractivity contribution in [1.82, 2.24) is 4.90 Å². The van der Waals surface area contributed by atoms with Crippen LogP contribution in [0.15, 0.2) is 71.6 Å². The van der Waals surface area contributed by atoms with E-state index in [2.05, 4.69) is 0 Å². The Kier molecular flexibility index (Phi) is 7.87. The zero-order chi connectivity index (χ0) is 25.7. The number of imide groups is 1. The first kappa shape index (κ1) is 25.2. The van der Waals surface area contributed by atoms with E-state index < -0.39 is 16.1 Å². The van der Waals surface area contributed by atoms with Crippen molar-refractivity contribution in [2.24, 2.45) is 0 Å². The normalized spacial score (nSPS) is 14.4. The Morgan fingerprint density at radius 1 is 1.03 bits per heavy atom. The standard InChI is InChI=1S/C25H18ClFN2O6S/c26-20-3-1-2-4-22(20)34-12-11-28-24(30)23(36-25(28)31)14-17-13-19(29(32)33)9-10-21(17)35-15-16-5-7-18(27)8-6-16/h1-10,13-14H,11-12,15H2/b23-14-. The summed E-state index contributed by atoms with van der Waals surface area (Å²) in [4.78, 5) is 37.2. The molecule has 2 amide bonds. The molecule has 1 saturated heterocycles. The van der Waals surface area contributed by atoms with E-state index >= 15 is 0 Å². The molecule has 11 heteroatoms. The van der Waals surface area contributed by atoms with Crippen molar-refractivity contribution in [3.63, 3.8) is 0 Å². The van der Waals surface area contributed by atoms with Gasteiger partial charge in [0.2, 0.25) is 0 Å². The maximum Gasteiger partial charge on any atom is 0.293 e. The second kappa shape index (κ2) is 11.2. The summed E-state index contributed by atoms with van der Waals surface area (Å²) in [5.74, 6) is -0.244. The quantitative estimate of drug-likeness (QED) is 0.188. The number of nitro benzene ring substituents is 1. The van der Waals surface area contributed by atoms with E-state index in [1.165, 1.54) is 36.4 Å². The summed E-state index contributed by atoms with van der Waals surface area (Å²) in [6.07, 6.45) is 1.38. The number of carbonyl (C=O) groups is 2. The van der Waals surface area contributed by atoms with Gasteiger partial charge in [-0.2, -0.15) is 0 Å². The molecule has 0 aliphatic carbocycles. The van der Waals surface area contributed by atoms with E-state index in [-0.39, 0.29) is 47.5 Å². The Hall–Kier alpha value is -3.89. The van der Waals surface area contributed by atoms with Crippen LogP contribution in [0.2, 0.25) is 5.02 Å². The second-order valence-corrected chi connectivity index (χ2v) is 8.91. The third kappa shape index (κ3) is 6.02. The summed E-state index contributed by atoms with van der Waals surface area (Å²) in [6, 6.07) is 16.5. The molecule has 4 rings (SSSR count). The number of hydrogen-bond donors (Lipinski definition) is 0. The molecule has 1 aliphatic rings. The molecular weight excluding hydrogens is 511 g/mol. The SMILES string of the molecule is O=C1S/C(=C\c2cc([N+](=O)[O-])ccc2OCc2ccc(F)cc2)C(=O)N1CCOc1ccccc1Cl. The van der Waals surface area contributed by atoms with E-state index in [4.69, 9.17) is 21.1 Å². The fourth-order valence-electron chi connectivity index (χ4n) is 3.28. The molecular formula is C25H18ClFN2O6S. The Balaban J connectivity index is 1.50. The van der Waals surface area contributed by atoms with Gasteiger partial charge in [0.05, 0.1) is 21.4 Å². The van der Waals surface area contributed by atoms with Crippen molar-refractivity contribution in [1.29, 1.82) is 0 Å². The third-order valence-corrected chi connectivity index (χ3v) is 6.30. The molecule has 3 aromatic carbocycles. The zero-order valence-corrected chi connectivity index (χ0v) is 20.1. The average molecular weight is 529 g/mol. The van der Waals surface area contributed by atoms with Crippen LogP contribution >= 0.6 is 23.4 Å². The molecule has 0 saturated carbocycles. The summed E-state index contributed by atoms with van der Waals surface area (Å²) < 4.78 is 24.5. The first-order chi connectivity index (χ1) is 17.3. The summed E-state index contributed by atoms with van der Waals surface area (Å²) in [5.41, 5.74) is 0.728. The molecule has 1 aliphatic heterocycles. The summed E-state index contributed by atoms with van der Waals surface area (Å²) >= 11 is 6.76. The van der Waals surface area contributed by atoms with Gasteiger partial charge in [-0.1, -0.05) is 35.9 Å². The van der Waals surface area contributed by atoms with Crippen LogP contribution in [0.1, 0.15) is 11.1 Å². The Morgan fingerprint density at radius 3 is 2.50 bits per heavy atom. The number of thioether (sulfide) groups is 1. The molecule has 1 fully saturated rings. The van der Waals surface area contributed by atoms with Crippen molar-refractivity contribution in [3.05, 3.63) is 104 Å². The van der Waals surface area contributed by atoms with Crippen LogP contribution in [-0.2, 0) is 11.4 Å². The smallest absolute Gasteiger partial charge is 0.293 e. The molecule has 0 unspecified atom stereocenters. The maximum absolute atomic E-state index is 13.2. The topological polar surface area (TPSA) is 99.0 Å². The summed E-state index contributed by atoms with van der Waals surface area (Å²) in [5, 5.41) is 11.2. The van der Waals surface area contributed by atoms with Crippen molar-refractivity contribution < 1.29 is 28.4 Å². The monoisotopic (exact) mass is 528 g/mol. The van der Waals surface area contributed by atoms with Crippen LogP contribution in [0, 0.1) is 15.9 Å². The van der Waals surface area contributed by atoms with E-state index in [0.29, 0.717) is 28.1 Å². The van der Waals surface area contributed by atoms with E-state index in [0.717, 1.165) is 4.90 Å². The predicted molar refractivity (Wildman–Crippen MR) is 133 cm³/mol. The first-order valence-corrected chi connectivity index (χ1v) is 11.8. The Bertz CT molecular complexity index is 1350. The molecule has 1 heterocycles. The van der Waals surface area contributed by atoms with Gasteiger partial charge in [-0.3, -0.25) is 24.6 Å². The van der Waals surface area contributed by atoms with Gasteiger partial charge >= 0.3 is 0 Å². The van der Waals surface area contributed by atoms with Crippen LogP contribution in [0.5, 0.6) is 11.5 Å². The number of nitro groups is 1. The molecule has 0 bridgehead atoms. The van der Waals surface area contributed by atoms with Crippen LogP contribution in [-0.4, -0.2) is 34.1 Å². The molecule has 184 valence electrons. The lowest BCUT2D eigenvalue weighted by molar-refractivity contribution is -0.384. The van der Waals surface area contributed by atoms with Crippen molar-refractivity contribution >= 4 is 46.3 Å². The van der Waals surface area contributed by atoms with Gasteiger partial charge < -0.3 is 9.47 Å². The molecule has 0 radical (unpaired) electrons. The van der Waals surface area contributed by atoms with Crippen molar-refractivity contribution in [2.45, 2.75) is 6.61 Å². The molecule has 0 N–H and O–H groups in total. The van der Waals surface area contributed by atoms with Crippen LogP contribution < -0.4 is 9.47 Å². The first-order valence-electron chi connectivity index (χ1n) is 10.6. The highest BCUT2D eigenvalue weighted by molar-refractivity contribution is 8.18. The number of rotatable bonds is 9. The lowest BCUT2D eigenvalue weighted by Crippen LogP contribution is -2.32. The molecule has 8 nitrogen and oxygen atoms in total. The van der Waals surface area contributed by atoms with E-state index in [1.54, 1.807) is 36.4 Å². The zero-order valence-electron chi connectivity index (χ0n) is 18.6. The lowest BCUT2D eigenvalue weighted by Gasteiger charge is -2.14. The number of para-hydroxylation sites is 1. The highest BCUT2D eigenvalue weighted by Gasteiger charge is 2.35. The molecule has 0 spiro atoms. The molecule has 3 aromatic rings. The number of non-ortho nitro benzene ring substituents is 1. The average Bonchev–Trinajstić information content (AvgIpc) is 3.12. The van der Waals surface area contributed by atoms with Crippen LogP contribution in [0.25, 0.3) is 6.08 Å². The minimum Gasteiger partial charge on any atom is -0.490 e. The van der Waals surface area contributed by atoms with Crippen LogP contribution in [0.4, 0.5) is 14.9 Å². The van der Waals surface area contributed by atoms with Crippen LogP contribution in [0.3, 0.4) is 0 Å². The van der Waals surface area contributed by atoms with Gasteiger partial charge in [-0.05, 0) is 53.7 Å². The van der Waals surface area contributed by atoms with Gasteiger partial charge in [-0.25, -0.2) is 4.39 Å². The van der Waals surface area contributed by atoms with E-state index in [9.17, 15) is 24.1 Å². The number of carbonyl (C=O) groups excluding carboxylic acids is 2. The van der Waals surface area contributed by atoms with Gasteiger partial charge in [-0.15, -0.1) is 0 Å². The number of halogens is 2. The molecule has 0 aromatic heterocycles. The van der Waals surface area contributed by atoms with Gasteiger partial charge in [0.25, 0.3) is 16.8 Å². The van der Waals surface area contributed by atoms with Gasteiger partial charge in [0.1, 0.15) is 30.5 Å². The second-order valence-electron chi connectivity index (χ2n) is 7.51. The third-order valence-electron chi connectivity index (χ3n) is 5.08. The highest BCUT2D eigenvalue weighted by Crippen LogP contribution is 2.35. The predicted octanol–water partition coefficient (Wildman–Crippen LogP) is 6.08. The minimum atomic E-state index is -0.571. The fraction of sp³-hybridized carbons (Fsp3) is 0.120. The number of amides is 2. The number of hydrogen-bond acceptors (Lipinski definition) is 7. The van der Waals surface area contributed by atoms with Crippen molar-refractivity contribution in [3.8, 4) is 11.5 Å². The summed E-state index contributed by atoms with van der Waals surface area (Å²) in [6.45, 7) is 0.105. The lowest BCUT2D eigenvalue weighted by atomic mass is 10.1. The minimum absolute atomic E-state index is 0.00388. The largest absolute Gasteiger partial charge is 0.490 e. The Labute approximate surface area is 214 Å². The van der Waals surface area contributed by atoms with Crippen molar-refractivity contribution in [2.75, 3.05) is 13.2 Å². The van der Waals surface area contributed by atoms with Gasteiger partial charge in [0, 0.05) is 17.7 Å². The number of nitrogens with zero attached hydrogens (tertiary/aromatic N) is 2. The number of ether oxygens (including phenoxy) is 2. The fourth-order valence-corrected chi connectivity index (χ4v) is 4.32. The van der Waals surface area contributed by atoms with E-state index in [1.807, 2.05) is 0 Å².